The first-order valence-corrected chi connectivity index (χ1v) is 12.1. The summed E-state index contributed by atoms with van der Waals surface area (Å²) in [6.45, 7) is 5.90. The minimum atomic E-state index is -1.02. The predicted molar refractivity (Wildman–Crippen MR) is 139 cm³/mol. The third-order valence-corrected chi connectivity index (χ3v) is 6.92. The molecule has 0 aromatic heterocycles. The largest absolute Gasteiger partial charge is 0.494 e. The molecule has 1 atom stereocenters. The van der Waals surface area contributed by atoms with E-state index in [0.29, 0.717) is 16.9 Å². The quantitative estimate of drug-likeness (QED) is 0.372. The van der Waals surface area contributed by atoms with Gasteiger partial charge in [-0.25, -0.2) is 9.18 Å². The minimum Gasteiger partial charge on any atom is -0.494 e. The van der Waals surface area contributed by atoms with Gasteiger partial charge in [-0.15, -0.1) is 0 Å². The van der Waals surface area contributed by atoms with E-state index in [0.717, 1.165) is 5.56 Å². The molecule has 37 heavy (non-hydrogen) atoms. The van der Waals surface area contributed by atoms with Crippen LogP contribution in [0.15, 0.2) is 54.6 Å². The number of carbonyl (C=O) groups excluding carboxylic acids is 1. The highest BCUT2D eigenvalue weighted by molar-refractivity contribution is 6.33. The number of hydrogen-bond acceptors (Lipinski definition) is 5. The van der Waals surface area contributed by atoms with Crippen molar-refractivity contribution in [2.24, 2.45) is 0 Å². The van der Waals surface area contributed by atoms with Gasteiger partial charge < -0.3 is 14.2 Å². The maximum Gasteiger partial charge on any atom is 0.410 e. The van der Waals surface area contributed by atoms with Crippen molar-refractivity contribution in [1.29, 1.82) is 5.26 Å². The van der Waals surface area contributed by atoms with Gasteiger partial charge in [-0.3, -0.25) is 4.90 Å². The van der Waals surface area contributed by atoms with Crippen LogP contribution in [0, 0.1) is 17.1 Å². The maximum atomic E-state index is 15.6. The van der Waals surface area contributed by atoms with Gasteiger partial charge in [0.1, 0.15) is 5.75 Å². The Labute approximate surface area is 221 Å². The number of fused-ring (bicyclic) bond motifs is 1. The molecule has 0 bridgehead atoms. The highest BCUT2D eigenvalue weighted by Crippen LogP contribution is 2.50. The second-order valence-electron chi connectivity index (χ2n) is 9.88. The summed E-state index contributed by atoms with van der Waals surface area (Å²) in [6, 6.07) is 17.9. The van der Waals surface area contributed by atoms with Crippen molar-refractivity contribution in [3.05, 3.63) is 82.1 Å². The molecule has 0 saturated carbocycles. The van der Waals surface area contributed by atoms with Crippen LogP contribution < -0.4 is 9.47 Å². The molecule has 3 aromatic rings. The SMILES string of the molecule is COC(=O)N(CC1(c2ccccc2)Cc2c(ccc(Cl)c2-c2c(C#N)ccc(OC)c2F)O1)C(C)(C)C. The molecule has 0 N–H and O–H groups in total. The fourth-order valence-electron chi connectivity index (χ4n) is 4.75. The van der Waals surface area contributed by atoms with E-state index in [9.17, 15) is 10.1 Å². The number of ether oxygens (including phenoxy) is 3. The van der Waals surface area contributed by atoms with E-state index >= 15 is 4.39 Å². The van der Waals surface area contributed by atoms with E-state index in [-0.39, 0.29) is 34.9 Å². The fraction of sp³-hybridized carbons (Fsp3) is 0.310. The number of nitriles is 1. The lowest BCUT2D eigenvalue weighted by atomic mass is 9.84. The van der Waals surface area contributed by atoms with Crippen molar-refractivity contribution >= 4 is 17.7 Å². The molecule has 1 unspecified atom stereocenters. The van der Waals surface area contributed by atoms with Crippen LogP contribution >= 0.6 is 11.6 Å². The molecule has 8 heteroatoms. The molecule has 0 spiro atoms. The third kappa shape index (κ3) is 4.70. The van der Waals surface area contributed by atoms with Gasteiger partial charge in [0.25, 0.3) is 0 Å². The van der Waals surface area contributed by atoms with E-state index in [1.165, 1.54) is 26.4 Å². The second kappa shape index (κ2) is 9.95. The second-order valence-corrected chi connectivity index (χ2v) is 10.3. The van der Waals surface area contributed by atoms with Gasteiger partial charge in [0.15, 0.2) is 17.2 Å². The van der Waals surface area contributed by atoms with Crippen molar-refractivity contribution in [2.75, 3.05) is 20.8 Å². The van der Waals surface area contributed by atoms with E-state index < -0.39 is 23.1 Å². The Morgan fingerprint density at radius 1 is 1.14 bits per heavy atom. The number of rotatable bonds is 5. The summed E-state index contributed by atoms with van der Waals surface area (Å²) in [4.78, 5) is 14.5. The van der Waals surface area contributed by atoms with Crippen LogP contribution in [0.1, 0.15) is 37.5 Å². The van der Waals surface area contributed by atoms with Gasteiger partial charge in [-0.1, -0.05) is 41.9 Å². The standard InChI is InChI=1S/C29H28ClFN2O4/c1-28(2,3)33(27(34)36-5)17-29(19-9-7-6-8-10-19)15-20-22(37-29)14-12-21(30)25(20)24-18(16-32)11-13-23(35-4)26(24)31/h6-14H,15,17H2,1-5H3. The molecular formula is C29H28ClFN2O4. The molecule has 0 radical (unpaired) electrons. The topological polar surface area (TPSA) is 71.8 Å². The molecule has 1 aliphatic rings. The summed E-state index contributed by atoms with van der Waals surface area (Å²) in [6.07, 6.45) is -0.223. The smallest absolute Gasteiger partial charge is 0.410 e. The van der Waals surface area contributed by atoms with Crippen molar-refractivity contribution in [2.45, 2.75) is 38.3 Å². The summed E-state index contributed by atoms with van der Waals surface area (Å²) in [5.41, 5.74) is 0.406. The lowest BCUT2D eigenvalue weighted by Crippen LogP contribution is -2.54. The molecule has 0 fully saturated rings. The first-order valence-electron chi connectivity index (χ1n) is 11.7. The van der Waals surface area contributed by atoms with Gasteiger partial charge in [0.2, 0.25) is 0 Å². The molecule has 4 rings (SSSR count). The molecule has 192 valence electrons. The molecule has 1 heterocycles. The van der Waals surface area contributed by atoms with Crippen LogP contribution in [-0.2, 0) is 16.8 Å². The van der Waals surface area contributed by atoms with Crippen molar-refractivity contribution in [1.82, 2.24) is 4.90 Å². The first kappa shape index (κ1) is 26.3. The van der Waals surface area contributed by atoms with Crippen LogP contribution in [-0.4, -0.2) is 37.3 Å². The van der Waals surface area contributed by atoms with Crippen LogP contribution in [0.4, 0.5) is 9.18 Å². The minimum absolute atomic E-state index is 0.000469. The number of benzene rings is 3. The molecule has 3 aromatic carbocycles. The Morgan fingerprint density at radius 2 is 1.84 bits per heavy atom. The zero-order valence-corrected chi connectivity index (χ0v) is 22.1. The Kier molecular flexibility index (Phi) is 7.07. The van der Waals surface area contributed by atoms with Crippen molar-refractivity contribution in [3.63, 3.8) is 0 Å². The number of carbonyl (C=O) groups is 1. The molecule has 0 saturated heterocycles. The lowest BCUT2D eigenvalue weighted by molar-refractivity contribution is 0.00843. The summed E-state index contributed by atoms with van der Waals surface area (Å²) in [5, 5.41) is 10.1. The number of methoxy groups -OCH3 is 2. The normalized spacial score (nSPS) is 16.4. The molecule has 6 nitrogen and oxygen atoms in total. The highest BCUT2D eigenvalue weighted by atomic mass is 35.5. The molecule has 0 aliphatic carbocycles. The van der Waals surface area contributed by atoms with Crippen LogP contribution in [0.25, 0.3) is 11.1 Å². The van der Waals surface area contributed by atoms with Gasteiger partial charge in [0.05, 0.1) is 32.4 Å². The lowest BCUT2D eigenvalue weighted by Gasteiger charge is -2.41. The fourth-order valence-corrected chi connectivity index (χ4v) is 5.02. The summed E-state index contributed by atoms with van der Waals surface area (Å²) >= 11 is 6.67. The average Bonchev–Trinajstić information content (AvgIpc) is 3.27. The number of hydrogen-bond donors (Lipinski definition) is 0. The Morgan fingerprint density at radius 3 is 2.43 bits per heavy atom. The number of nitrogens with zero attached hydrogens (tertiary/aromatic N) is 2. The summed E-state index contributed by atoms with van der Waals surface area (Å²) < 4.78 is 32.6. The first-order chi connectivity index (χ1) is 17.6. The number of halogens is 2. The Balaban J connectivity index is 1.94. The van der Waals surface area contributed by atoms with Crippen molar-refractivity contribution < 1.29 is 23.4 Å². The van der Waals surface area contributed by atoms with Crippen LogP contribution in [0.5, 0.6) is 11.5 Å². The molecule has 1 aliphatic heterocycles. The summed E-state index contributed by atoms with van der Waals surface area (Å²) in [5.74, 6) is -0.187. The predicted octanol–water partition coefficient (Wildman–Crippen LogP) is 6.72. The van der Waals surface area contributed by atoms with Gasteiger partial charge >= 0.3 is 6.09 Å². The molecular weight excluding hydrogens is 495 g/mol. The Bertz CT molecular complexity index is 1380. The number of amides is 1. The van der Waals surface area contributed by atoms with Crippen LogP contribution in [0.2, 0.25) is 5.02 Å². The van der Waals surface area contributed by atoms with E-state index in [1.54, 1.807) is 17.0 Å². The van der Waals surface area contributed by atoms with Gasteiger partial charge in [-0.2, -0.15) is 5.26 Å². The van der Waals surface area contributed by atoms with E-state index in [4.69, 9.17) is 25.8 Å². The monoisotopic (exact) mass is 522 g/mol. The van der Waals surface area contributed by atoms with Crippen molar-refractivity contribution in [3.8, 4) is 28.7 Å². The van der Waals surface area contributed by atoms with Gasteiger partial charge in [0, 0.05) is 33.7 Å². The van der Waals surface area contributed by atoms with E-state index in [2.05, 4.69) is 6.07 Å². The highest BCUT2D eigenvalue weighted by Gasteiger charge is 2.47. The molecule has 1 amide bonds. The third-order valence-electron chi connectivity index (χ3n) is 6.60. The zero-order chi connectivity index (χ0) is 27.0. The summed E-state index contributed by atoms with van der Waals surface area (Å²) in [7, 11) is 2.70. The average molecular weight is 523 g/mol. The van der Waals surface area contributed by atoms with Gasteiger partial charge in [-0.05, 0) is 50.6 Å². The maximum absolute atomic E-state index is 15.6. The zero-order valence-electron chi connectivity index (χ0n) is 21.4. The Hall–Kier alpha value is -3.76. The van der Waals surface area contributed by atoms with E-state index in [1.807, 2.05) is 51.1 Å². The van der Waals surface area contributed by atoms with Crippen LogP contribution in [0.3, 0.4) is 0 Å².